The van der Waals surface area contributed by atoms with E-state index in [1.165, 1.54) is 17.0 Å². The molecule has 1 heterocycles. The molecule has 0 unspecified atom stereocenters. The molecular formula is C38H64N8O8. The Bertz CT molecular complexity index is 1360. The van der Waals surface area contributed by atoms with Gasteiger partial charge in [-0.25, -0.2) is 4.79 Å². The number of nitrogens with one attached hydrogen (secondary N) is 5. The minimum Gasteiger partial charge on any atom is -0.508 e. The van der Waals surface area contributed by atoms with Crippen molar-refractivity contribution in [3.63, 3.8) is 0 Å². The van der Waals surface area contributed by atoms with Crippen molar-refractivity contribution in [3.8, 4) is 5.75 Å². The SMILES string of the molecule is CC[C@H](C)[C@H](NC(=O)[C@H](Cc1ccc(O)cc1)NC(=O)[C@@H]1CCCN1C(=O)[C@H](CCCCN)NC(=O)CNCCCCN)C(=O)N[C@@H](CC(C)C)C(=O)O. The number of carboxylic acids is 1. The molecule has 54 heavy (non-hydrogen) atoms. The zero-order valence-corrected chi connectivity index (χ0v) is 32.4. The van der Waals surface area contributed by atoms with E-state index in [1.807, 2.05) is 20.8 Å². The number of hydrogen-bond acceptors (Lipinski definition) is 10. The van der Waals surface area contributed by atoms with Gasteiger partial charge < -0.3 is 53.2 Å². The van der Waals surface area contributed by atoms with Gasteiger partial charge in [-0.05, 0) is 101 Å². The summed E-state index contributed by atoms with van der Waals surface area (Å²) >= 11 is 0. The topological polar surface area (TPSA) is 258 Å². The number of carbonyl (C=O) groups excluding carboxylic acids is 5. The Morgan fingerprint density at radius 2 is 1.52 bits per heavy atom. The summed E-state index contributed by atoms with van der Waals surface area (Å²) in [6.07, 6.45) is 4.76. The van der Waals surface area contributed by atoms with Crippen LogP contribution < -0.4 is 38.1 Å². The fourth-order valence-corrected chi connectivity index (χ4v) is 6.35. The maximum absolute atomic E-state index is 14.0. The quantitative estimate of drug-likeness (QED) is 0.0620. The molecule has 0 saturated carbocycles. The van der Waals surface area contributed by atoms with Crippen LogP contribution in [0.5, 0.6) is 5.75 Å². The molecule has 0 spiro atoms. The lowest BCUT2D eigenvalue weighted by Crippen LogP contribution is -2.60. The first kappa shape index (κ1) is 45.9. The minimum atomic E-state index is -1.20. The molecule has 5 amide bonds. The van der Waals surface area contributed by atoms with Crippen molar-refractivity contribution in [2.24, 2.45) is 23.3 Å². The summed E-state index contributed by atoms with van der Waals surface area (Å²) in [5.41, 5.74) is 11.8. The summed E-state index contributed by atoms with van der Waals surface area (Å²) in [5.74, 6) is -4.21. The standard InChI is InChI=1S/C38H64N8O8/c1-5-25(4)33(36(51)44-30(38(53)54)21-24(2)3)45-34(49)29(22-26-13-15-27(47)16-14-26)43-35(50)31-12-10-20-46(31)37(52)28(11-6-7-17-39)42-32(48)23-41-19-9-8-18-40/h13-16,24-25,28-31,33,41,47H,5-12,17-23,39-40H2,1-4H3,(H,42,48)(H,43,50)(H,44,51)(H,45,49)(H,53,54)/t25-,28-,29-,30-,31-,33-/m0/s1. The van der Waals surface area contributed by atoms with Crippen LogP contribution in [0.15, 0.2) is 24.3 Å². The van der Waals surface area contributed by atoms with Crippen LogP contribution in [0.25, 0.3) is 0 Å². The van der Waals surface area contributed by atoms with Crippen LogP contribution in [0.3, 0.4) is 0 Å². The normalized spacial score (nSPS) is 16.9. The summed E-state index contributed by atoms with van der Waals surface area (Å²) in [5, 5.41) is 33.6. The van der Waals surface area contributed by atoms with Crippen molar-refractivity contribution < 1.29 is 39.0 Å². The Hall–Kier alpha value is -4.28. The number of aliphatic carboxylic acids is 1. The molecule has 0 bridgehead atoms. The maximum Gasteiger partial charge on any atom is 0.326 e. The summed E-state index contributed by atoms with van der Waals surface area (Å²) in [6.45, 7) is 9.18. The van der Waals surface area contributed by atoms with Crippen molar-refractivity contribution in [3.05, 3.63) is 29.8 Å². The van der Waals surface area contributed by atoms with Gasteiger partial charge in [0.05, 0.1) is 6.54 Å². The Labute approximate surface area is 319 Å². The molecule has 11 N–H and O–H groups in total. The molecule has 304 valence electrons. The second-order valence-electron chi connectivity index (χ2n) is 14.6. The van der Waals surface area contributed by atoms with Gasteiger partial charge in [-0.2, -0.15) is 0 Å². The molecule has 1 saturated heterocycles. The summed E-state index contributed by atoms with van der Waals surface area (Å²) in [7, 11) is 0. The average molecular weight is 761 g/mol. The Morgan fingerprint density at radius 1 is 0.852 bits per heavy atom. The molecule has 0 aliphatic carbocycles. The third-order valence-corrected chi connectivity index (χ3v) is 9.64. The number of likely N-dealkylation sites (tertiary alicyclic amines) is 1. The highest BCUT2D eigenvalue weighted by molar-refractivity contribution is 5.96. The zero-order chi connectivity index (χ0) is 40.2. The second kappa shape index (κ2) is 24.2. The molecule has 16 heteroatoms. The van der Waals surface area contributed by atoms with Gasteiger partial charge >= 0.3 is 5.97 Å². The van der Waals surface area contributed by atoms with E-state index >= 15 is 0 Å². The van der Waals surface area contributed by atoms with E-state index in [0.717, 1.165) is 12.8 Å². The summed E-state index contributed by atoms with van der Waals surface area (Å²) < 4.78 is 0. The number of phenols is 1. The van der Waals surface area contributed by atoms with E-state index in [4.69, 9.17) is 11.5 Å². The van der Waals surface area contributed by atoms with Gasteiger partial charge in [-0.15, -0.1) is 0 Å². The van der Waals surface area contributed by atoms with Crippen LogP contribution in [-0.4, -0.2) is 114 Å². The summed E-state index contributed by atoms with van der Waals surface area (Å²) in [4.78, 5) is 81.6. The lowest BCUT2D eigenvalue weighted by Gasteiger charge is -2.31. The molecular weight excluding hydrogens is 696 g/mol. The molecule has 1 aromatic carbocycles. The van der Waals surface area contributed by atoms with E-state index in [0.29, 0.717) is 63.7 Å². The summed E-state index contributed by atoms with van der Waals surface area (Å²) in [6, 6.07) is 0.873. The zero-order valence-electron chi connectivity index (χ0n) is 32.4. The smallest absolute Gasteiger partial charge is 0.326 e. The fourth-order valence-electron chi connectivity index (χ4n) is 6.35. The van der Waals surface area contributed by atoms with Crippen molar-refractivity contribution in [1.82, 2.24) is 31.5 Å². The first-order valence-corrected chi connectivity index (χ1v) is 19.3. The third-order valence-electron chi connectivity index (χ3n) is 9.64. The van der Waals surface area contributed by atoms with Crippen LogP contribution in [0.2, 0.25) is 0 Å². The monoisotopic (exact) mass is 760 g/mol. The largest absolute Gasteiger partial charge is 0.508 e. The highest BCUT2D eigenvalue weighted by Gasteiger charge is 2.39. The molecule has 1 aliphatic heterocycles. The number of rotatable bonds is 25. The van der Waals surface area contributed by atoms with Gasteiger partial charge in [0, 0.05) is 13.0 Å². The van der Waals surface area contributed by atoms with Crippen LogP contribution in [-0.2, 0) is 35.2 Å². The van der Waals surface area contributed by atoms with Gasteiger partial charge in [-0.1, -0.05) is 46.2 Å². The van der Waals surface area contributed by atoms with Crippen molar-refractivity contribution >= 4 is 35.5 Å². The molecule has 0 radical (unpaired) electrons. The predicted molar refractivity (Wildman–Crippen MR) is 205 cm³/mol. The third kappa shape index (κ3) is 15.6. The number of nitrogens with two attached hydrogens (primary N) is 2. The van der Waals surface area contributed by atoms with Gasteiger partial charge in [0.1, 0.15) is 36.0 Å². The van der Waals surface area contributed by atoms with Crippen molar-refractivity contribution in [1.29, 1.82) is 0 Å². The molecule has 2 rings (SSSR count). The van der Waals surface area contributed by atoms with Crippen molar-refractivity contribution in [2.45, 2.75) is 122 Å². The molecule has 6 atom stereocenters. The van der Waals surface area contributed by atoms with Gasteiger partial charge in [0.25, 0.3) is 0 Å². The van der Waals surface area contributed by atoms with Crippen LogP contribution in [0, 0.1) is 11.8 Å². The van der Waals surface area contributed by atoms with Crippen LogP contribution >= 0.6 is 0 Å². The molecule has 1 aliphatic rings. The lowest BCUT2D eigenvalue weighted by atomic mass is 9.96. The number of phenolic OH excluding ortho intramolecular Hbond substituents is 1. The average Bonchev–Trinajstić information content (AvgIpc) is 3.63. The first-order chi connectivity index (χ1) is 25.7. The van der Waals surface area contributed by atoms with E-state index in [1.54, 1.807) is 19.1 Å². The van der Waals surface area contributed by atoms with Gasteiger partial charge in [0.15, 0.2) is 0 Å². The first-order valence-electron chi connectivity index (χ1n) is 19.3. The molecule has 1 fully saturated rings. The highest BCUT2D eigenvalue weighted by atomic mass is 16.4. The molecule has 1 aromatic rings. The van der Waals surface area contributed by atoms with E-state index in [2.05, 4.69) is 26.6 Å². The number of benzene rings is 1. The van der Waals surface area contributed by atoms with Crippen LogP contribution in [0.4, 0.5) is 0 Å². The predicted octanol–water partition coefficient (Wildman–Crippen LogP) is 0.499. The fraction of sp³-hybridized carbons (Fsp3) is 0.684. The number of aromatic hydroxyl groups is 1. The lowest BCUT2D eigenvalue weighted by molar-refractivity contribution is -0.143. The number of amides is 5. The van der Waals surface area contributed by atoms with E-state index in [-0.39, 0.29) is 49.4 Å². The Morgan fingerprint density at radius 3 is 2.13 bits per heavy atom. The van der Waals surface area contributed by atoms with E-state index in [9.17, 15) is 39.0 Å². The number of carbonyl (C=O) groups is 6. The number of unbranched alkanes of at least 4 members (excludes halogenated alkanes) is 2. The number of carboxylic acid groups (broad SMARTS) is 1. The number of nitrogens with zero attached hydrogens (tertiary/aromatic N) is 1. The highest BCUT2D eigenvalue weighted by Crippen LogP contribution is 2.21. The molecule has 0 aromatic heterocycles. The second-order valence-corrected chi connectivity index (χ2v) is 14.6. The number of hydrogen-bond donors (Lipinski definition) is 9. The Balaban J connectivity index is 2.30. The van der Waals surface area contributed by atoms with E-state index < -0.39 is 59.8 Å². The van der Waals surface area contributed by atoms with Gasteiger partial charge in [-0.3, -0.25) is 24.0 Å². The minimum absolute atomic E-state index is 0.00544. The maximum atomic E-state index is 14.0. The van der Waals surface area contributed by atoms with Crippen LogP contribution in [0.1, 0.15) is 91.0 Å². The van der Waals surface area contributed by atoms with Crippen molar-refractivity contribution in [2.75, 3.05) is 32.7 Å². The van der Waals surface area contributed by atoms with Gasteiger partial charge in [0.2, 0.25) is 29.5 Å². The molecule has 16 nitrogen and oxygen atoms in total. The Kier molecular flexibility index (Phi) is 20.6.